The zero-order chi connectivity index (χ0) is 32.6. The molecule has 2 aromatic rings. The molecule has 1 saturated heterocycles. The molecule has 0 N–H and O–H groups in total. The Morgan fingerprint density at radius 1 is 0.689 bits per heavy atom. The summed E-state index contributed by atoms with van der Waals surface area (Å²) >= 11 is 0. The second-order valence-corrected chi connectivity index (χ2v) is 11.9. The number of carbonyl (C=O) groups excluding carboxylic acids is 3. The normalized spacial score (nSPS) is 14.8. The molecule has 0 spiro atoms. The number of urea groups is 2. The highest BCUT2D eigenvalue weighted by atomic mass is 16.2. The number of benzene rings is 2. The summed E-state index contributed by atoms with van der Waals surface area (Å²) in [5.41, 5.74) is 1.46. The number of rotatable bonds is 16. The molecule has 0 bridgehead atoms. The topological polar surface area (TPSA) is 70.7 Å². The number of nitrogens with zero attached hydrogens (tertiary/aromatic N) is 6. The van der Waals surface area contributed by atoms with Crippen LogP contribution in [0, 0.1) is 0 Å². The van der Waals surface area contributed by atoms with Crippen LogP contribution < -0.4 is 4.90 Å². The van der Waals surface area contributed by atoms with Gasteiger partial charge >= 0.3 is 12.1 Å². The first-order valence-corrected chi connectivity index (χ1v) is 17.1. The lowest BCUT2D eigenvalue weighted by atomic mass is 10.1. The molecule has 0 radical (unpaired) electrons. The van der Waals surface area contributed by atoms with Gasteiger partial charge in [0.05, 0.1) is 17.9 Å². The summed E-state index contributed by atoms with van der Waals surface area (Å²) in [6, 6.07) is 18.0. The Morgan fingerprint density at radius 3 is 1.71 bits per heavy atom. The van der Waals surface area contributed by atoms with Crippen LogP contribution in [0.25, 0.3) is 0 Å². The van der Waals surface area contributed by atoms with E-state index in [0.29, 0.717) is 26.2 Å². The van der Waals surface area contributed by atoms with Crippen molar-refractivity contribution in [3.63, 3.8) is 0 Å². The first kappa shape index (κ1) is 35.9. The number of likely N-dealkylation sites (N-methyl/N-ethyl adjacent to an activating group) is 2. The third kappa shape index (κ3) is 10.2. The van der Waals surface area contributed by atoms with Gasteiger partial charge in [0.1, 0.15) is 6.04 Å². The van der Waals surface area contributed by atoms with Crippen molar-refractivity contribution in [1.29, 1.82) is 0 Å². The van der Waals surface area contributed by atoms with E-state index in [1.807, 2.05) is 72.6 Å². The van der Waals surface area contributed by atoms with Crippen LogP contribution in [0.4, 0.5) is 21.0 Å². The predicted octanol–water partition coefficient (Wildman–Crippen LogP) is 6.53. The van der Waals surface area contributed by atoms with Crippen molar-refractivity contribution in [3.8, 4) is 0 Å². The molecule has 45 heavy (non-hydrogen) atoms. The van der Waals surface area contributed by atoms with Crippen molar-refractivity contribution >= 4 is 29.3 Å². The van der Waals surface area contributed by atoms with Gasteiger partial charge in [0.2, 0.25) is 5.91 Å². The van der Waals surface area contributed by atoms with Gasteiger partial charge in [-0.05, 0) is 50.2 Å². The van der Waals surface area contributed by atoms with Crippen molar-refractivity contribution in [2.75, 3.05) is 70.9 Å². The van der Waals surface area contributed by atoms with Crippen molar-refractivity contribution in [2.24, 2.45) is 0 Å². The van der Waals surface area contributed by atoms with E-state index in [2.05, 4.69) is 32.6 Å². The number of anilines is 2. The van der Waals surface area contributed by atoms with E-state index in [1.165, 1.54) is 0 Å². The molecule has 9 nitrogen and oxygen atoms in total. The molecule has 0 saturated carbocycles. The van der Waals surface area contributed by atoms with E-state index in [0.717, 1.165) is 69.5 Å². The molecule has 1 aliphatic rings. The standard InChI is InChI=1S/C36H56N6O3/c1-6-10-18-24-39(25-19-11-7-2)35(44)40-28-29-41(33(30-40)34(43)37(5)26-27-38(8-3)9-4)36(45)42(31-20-14-12-15-21-31)32-22-16-13-17-23-32/h12-17,20-23,33H,6-11,18-19,24-30H2,1-5H3. The van der Waals surface area contributed by atoms with Crippen molar-refractivity contribution in [3.05, 3.63) is 60.7 Å². The smallest absolute Gasteiger partial charge is 0.329 e. The third-order valence-electron chi connectivity index (χ3n) is 8.76. The summed E-state index contributed by atoms with van der Waals surface area (Å²) < 4.78 is 0. The second-order valence-electron chi connectivity index (χ2n) is 11.9. The highest BCUT2D eigenvalue weighted by molar-refractivity contribution is 6.01. The number of hydrogen-bond donors (Lipinski definition) is 0. The van der Waals surface area contributed by atoms with Gasteiger partial charge in [-0.3, -0.25) is 9.69 Å². The molecule has 1 fully saturated rings. The minimum absolute atomic E-state index is 0.0270. The number of hydrogen-bond acceptors (Lipinski definition) is 4. The quantitative estimate of drug-likeness (QED) is 0.200. The van der Waals surface area contributed by atoms with Crippen LogP contribution in [0.3, 0.4) is 0 Å². The fraction of sp³-hybridized carbons (Fsp3) is 0.583. The fourth-order valence-electron chi connectivity index (χ4n) is 5.85. The van der Waals surface area contributed by atoms with Crippen LogP contribution in [0.2, 0.25) is 0 Å². The van der Waals surface area contributed by atoms with Crippen LogP contribution in [0.15, 0.2) is 60.7 Å². The number of amides is 5. The Bertz CT molecular complexity index is 1110. The second kappa shape index (κ2) is 19.0. The molecule has 0 aromatic heterocycles. The predicted molar refractivity (Wildman–Crippen MR) is 184 cm³/mol. The van der Waals surface area contributed by atoms with E-state index in [4.69, 9.17) is 0 Å². The summed E-state index contributed by atoms with van der Waals surface area (Å²) in [6.07, 6.45) is 6.26. The SMILES string of the molecule is CCCCCN(CCCCC)C(=O)N1CCN(C(=O)N(c2ccccc2)c2ccccc2)C(C(=O)N(C)CCN(CC)CC)C1. The monoisotopic (exact) mass is 620 g/mol. The Morgan fingerprint density at radius 2 is 1.22 bits per heavy atom. The molecule has 248 valence electrons. The molecule has 1 atom stereocenters. The highest BCUT2D eigenvalue weighted by Crippen LogP contribution is 2.28. The van der Waals surface area contributed by atoms with E-state index in [1.54, 1.807) is 19.6 Å². The first-order chi connectivity index (χ1) is 21.9. The van der Waals surface area contributed by atoms with Crippen LogP contribution in [-0.4, -0.2) is 114 Å². The average Bonchev–Trinajstić information content (AvgIpc) is 3.08. The van der Waals surface area contributed by atoms with E-state index >= 15 is 0 Å². The minimum atomic E-state index is -0.792. The number of para-hydroxylation sites is 2. The number of piperazine rings is 1. The van der Waals surface area contributed by atoms with Gasteiger partial charge in [0.15, 0.2) is 0 Å². The molecular formula is C36H56N6O3. The summed E-state index contributed by atoms with van der Waals surface area (Å²) in [6.45, 7) is 13.9. The third-order valence-corrected chi connectivity index (χ3v) is 8.76. The molecule has 2 aromatic carbocycles. The van der Waals surface area contributed by atoms with Gasteiger partial charge in [0.25, 0.3) is 0 Å². The summed E-state index contributed by atoms with van der Waals surface area (Å²) in [5.74, 6) is -0.141. The zero-order valence-corrected chi connectivity index (χ0v) is 28.4. The minimum Gasteiger partial charge on any atom is -0.343 e. The van der Waals surface area contributed by atoms with Gasteiger partial charge in [-0.1, -0.05) is 89.8 Å². The number of unbranched alkanes of at least 4 members (excludes halogenated alkanes) is 4. The molecule has 9 heteroatoms. The van der Waals surface area contributed by atoms with Gasteiger partial charge in [-0.25, -0.2) is 9.59 Å². The van der Waals surface area contributed by atoms with Crippen LogP contribution >= 0.6 is 0 Å². The highest BCUT2D eigenvalue weighted by Gasteiger charge is 2.41. The van der Waals surface area contributed by atoms with E-state index < -0.39 is 6.04 Å². The van der Waals surface area contributed by atoms with Gasteiger partial charge in [-0.15, -0.1) is 0 Å². The lowest BCUT2D eigenvalue weighted by Crippen LogP contribution is -2.64. The van der Waals surface area contributed by atoms with Crippen molar-refractivity contribution in [2.45, 2.75) is 72.3 Å². The molecule has 5 amide bonds. The Labute approximate surface area is 271 Å². The van der Waals surface area contributed by atoms with Crippen LogP contribution in [0.1, 0.15) is 66.2 Å². The fourth-order valence-corrected chi connectivity index (χ4v) is 5.85. The summed E-state index contributed by atoms with van der Waals surface area (Å²) in [4.78, 5) is 53.8. The molecule has 1 unspecified atom stereocenters. The number of carbonyl (C=O) groups is 3. The Hall–Kier alpha value is -3.59. The van der Waals surface area contributed by atoms with Crippen LogP contribution in [-0.2, 0) is 4.79 Å². The molecular weight excluding hydrogens is 564 g/mol. The maximum Gasteiger partial charge on any atom is 0.329 e. The van der Waals surface area contributed by atoms with Crippen LogP contribution in [0.5, 0.6) is 0 Å². The molecule has 1 heterocycles. The largest absolute Gasteiger partial charge is 0.343 e. The first-order valence-electron chi connectivity index (χ1n) is 17.1. The van der Waals surface area contributed by atoms with Crippen molar-refractivity contribution < 1.29 is 14.4 Å². The average molecular weight is 621 g/mol. The lowest BCUT2D eigenvalue weighted by molar-refractivity contribution is -0.136. The zero-order valence-electron chi connectivity index (χ0n) is 28.4. The van der Waals surface area contributed by atoms with Gasteiger partial charge in [-0.2, -0.15) is 0 Å². The molecule has 3 rings (SSSR count). The maximum absolute atomic E-state index is 14.5. The lowest BCUT2D eigenvalue weighted by Gasteiger charge is -2.44. The molecule has 0 aliphatic carbocycles. The van der Waals surface area contributed by atoms with Gasteiger partial charge in [0, 0.05) is 46.3 Å². The maximum atomic E-state index is 14.5. The summed E-state index contributed by atoms with van der Waals surface area (Å²) in [5, 5.41) is 0. The molecule has 1 aliphatic heterocycles. The van der Waals surface area contributed by atoms with E-state index in [9.17, 15) is 14.4 Å². The Kier molecular flexibility index (Phi) is 15.2. The van der Waals surface area contributed by atoms with E-state index in [-0.39, 0.29) is 31.1 Å². The Balaban J connectivity index is 1.92. The van der Waals surface area contributed by atoms with Crippen molar-refractivity contribution in [1.82, 2.24) is 24.5 Å². The van der Waals surface area contributed by atoms with Gasteiger partial charge < -0.3 is 24.5 Å². The summed E-state index contributed by atoms with van der Waals surface area (Å²) in [7, 11) is 1.81.